The minimum Gasteiger partial charge on any atom is -0.386 e. The maximum absolute atomic E-state index is 10.3. The monoisotopic (exact) mass is 279 g/mol. The molecule has 19 heavy (non-hydrogen) atoms. The van der Waals surface area contributed by atoms with Crippen LogP contribution in [0.15, 0.2) is 18.2 Å². The lowest BCUT2D eigenvalue weighted by Gasteiger charge is -2.11. The summed E-state index contributed by atoms with van der Waals surface area (Å²) >= 11 is 6.28. The van der Waals surface area contributed by atoms with Gasteiger partial charge in [-0.1, -0.05) is 24.6 Å². The summed E-state index contributed by atoms with van der Waals surface area (Å²) < 4.78 is 1.74. The van der Waals surface area contributed by atoms with Crippen LogP contribution < -0.4 is 0 Å². The smallest absolute Gasteiger partial charge is 0.102 e. The maximum Gasteiger partial charge on any atom is 0.102 e. The molecule has 2 aromatic rings. The van der Waals surface area contributed by atoms with E-state index in [1.54, 1.807) is 4.68 Å². The summed E-state index contributed by atoms with van der Waals surface area (Å²) in [6, 6.07) is 5.62. The largest absolute Gasteiger partial charge is 0.386 e. The van der Waals surface area contributed by atoms with Gasteiger partial charge < -0.3 is 5.11 Å². The molecule has 0 aromatic carbocycles. The Morgan fingerprint density at radius 2 is 2.16 bits per heavy atom. The average molecular weight is 280 g/mol. The Labute approximate surface area is 118 Å². The summed E-state index contributed by atoms with van der Waals surface area (Å²) in [5.74, 6) is 0. The average Bonchev–Trinajstić information content (AvgIpc) is 2.66. The Morgan fingerprint density at radius 1 is 1.42 bits per heavy atom. The van der Waals surface area contributed by atoms with Gasteiger partial charge >= 0.3 is 0 Å². The van der Waals surface area contributed by atoms with Crippen molar-refractivity contribution in [3.05, 3.63) is 46.0 Å². The van der Waals surface area contributed by atoms with Crippen molar-refractivity contribution >= 4 is 11.6 Å². The molecule has 0 fully saturated rings. The lowest BCUT2D eigenvalue weighted by molar-refractivity contribution is 0.171. The molecule has 2 rings (SSSR count). The van der Waals surface area contributed by atoms with Crippen LogP contribution in [0, 0.1) is 6.92 Å². The van der Waals surface area contributed by atoms with E-state index in [9.17, 15) is 5.11 Å². The van der Waals surface area contributed by atoms with Gasteiger partial charge in [-0.25, -0.2) is 0 Å². The Kier molecular flexibility index (Phi) is 4.22. The van der Waals surface area contributed by atoms with Gasteiger partial charge in [0.1, 0.15) is 6.10 Å². The van der Waals surface area contributed by atoms with Gasteiger partial charge in [0, 0.05) is 19.2 Å². The highest BCUT2D eigenvalue weighted by molar-refractivity contribution is 6.31. The highest BCUT2D eigenvalue weighted by Crippen LogP contribution is 2.25. The predicted molar refractivity (Wildman–Crippen MR) is 75.2 cm³/mol. The first-order valence-electron chi connectivity index (χ1n) is 6.34. The molecule has 0 amide bonds. The van der Waals surface area contributed by atoms with Crippen LogP contribution in [-0.4, -0.2) is 19.9 Å². The molecule has 0 spiro atoms. The molecule has 102 valence electrons. The second kappa shape index (κ2) is 5.72. The number of aliphatic hydroxyl groups is 1. The number of halogens is 1. The molecule has 2 heterocycles. The second-order valence-electron chi connectivity index (χ2n) is 4.61. The number of hydrogen-bond acceptors (Lipinski definition) is 3. The van der Waals surface area contributed by atoms with Crippen LogP contribution in [0.25, 0.3) is 0 Å². The first-order chi connectivity index (χ1) is 9.02. The molecule has 0 saturated heterocycles. The van der Waals surface area contributed by atoms with Gasteiger partial charge in [0.05, 0.1) is 22.1 Å². The van der Waals surface area contributed by atoms with E-state index in [0.29, 0.717) is 17.1 Å². The van der Waals surface area contributed by atoms with Gasteiger partial charge in [0.2, 0.25) is 0 Å². The zero-order valence-electron chi connectivity index (χ0n) is 11.4. The van der Waals surface area contributed by atoms with Crippen LogP contribution in [0.2, 0.25) is 5.02 Å². The zero-order chi connectivity index (χ0) is 14.0. The number of aliphatic hydroxyl groups excluding tert-OH is 1. The van der Waals surface area contributed by atoms with E-state index in [0.717, 1.165) is 23.5 Å². The number of aryl methyl sites for hydroxylation is 3. The van der Waals surface area contributed by atoms with E-state index < -0.39 is 6.10 Å². The van der Waals surface area contributed by atoms with Gasteiger partial charge in [-0.3, -0.25) is 9.67 Å². The third kappa shape index (κ3) is 2.96. The fourth-order valence-corrected chi connectivity index (χ4v) is 2.45. The molecule has 4 nitrogen and oxygen atoms in total. The molecule has 2 aromatic heterocycles. The SMILES string of the molecule is CCc1nn(C)c(CC(O)c2cccc(C)n2)c1Cl. The maximum atomic E-state index is 10.3. The van der Waals surface area contributed by atoms with Crippen molar-refractivity contribution in [2.24, 2.45) is 7.05 Å². The molecule has 0 aliphatic rings. The molecule has 1 N–H and O–H groups in total. The normalized spacial score (nSPS) is 12.7. The van der Waals surface area contributed by atoms with E-state index in [-0.39, 0.29) is 0 Å². The first-order valence-corrected chi connectivity index (χ1v) is 6.72. The molecule has 0 aliphatic carbocycles. The molecule has 0 saturated carbocycles. The van der Waals surface area contributed by atoms with Crippen molar-refractivity contribution in [2.45, 2.75) is 32.8 Å². The molecule has 0 bridgehead atoms. The third-order valence-corrected chi connectivity index (χ3v) is 3.58. The van der Waals surface area contributed by atoms with Crippen LogP contribution in [0.1, 0.15) is 35.8 Å². The lowest BCUT2D eigenvalue weighted by Crippen LogP contribution is -2.08. The molecule has 1 atom stereocenters. The van der Waals surface area contributed by atoms with E-state index in [1.165, 1.54) is 0 Å². The molecule has 0 aliphatic heterocycles. The molecule has 0 radical (unpaired) electrons. The standard InChI is InChI=1S/C14H18ClN3O/c1-4-10-14(15)12(18(3)17-10)8-13(19)11-7-5-6-9(2)16-11/h5-7,13,19H,4,8H2,1-3H3. The van der Waals surface area contributed by atoms with E-state index in [4.69, 9.17) is 11.6 Å². The van der Waals surface area contributed by atoms with Crippen LogP contribution in [0.4, 0.5) is 0 Å². The summed E-state index contributed by atoms with van der Waals surface area (Å²) in [5.41, 5.74) is 3.26. The molecule has 1 unspecified atom stereocenters. The number of aromatic nitrogens is 3. The van der Waals surface area contributed by atoms with Gasteiger partial charge in [-0.05, 0) is 25.5 Å². The van der Waals surface area contributed by atoms with Crippen LogP contribution in [-0.2, 0) is 19.9 Å². The van der Waals surface area contributed by atoms with Gasteiger partial charge in [-0.2, -0.15) is 5.10 Å². The fourth-order valence-electron chi connectivity index (χ4n) is 2.08. The quantitative estimate of drug-likeness (QED) is 0.936. The Bertz CT molecular complexity index is 580. The highest BCUT2D eigenvalue weighted by atomic mass is 35.5. The highest BCUT2D eigenvalue weighted by Gasteiger charge is 2.18. The minimum absolute atomic E-state index is 0.415. The zero-order valence-corrected chi connectivity index (χ0v) is 12.1. The number of nitrogens with zero attached hydrogens (tertiary/aromatic N) is 3. The van der Waals surface area contributed by atoms with Crippen LogP contribution in [0.3, 0.4) is 0 Å². The minimum atomic E-state index is -0.669. The number of pyridine rings is 1. The van der Waals surface area contributed by atoms with Gasteiger partial charge in [0.15, 0.2) is 0 Å². The van der Waals surface area contributed by atoms with E-state index in [1.807, 2.05) is 39.1 Å². The van der Waals surface area contributed by atoms with Crippen molar-refractivity contribution in [1.29, 1.82) is 0 Å². The topological polar surface area (TPSA) is 50.9 Å². The third-order valence-electron chi connectivity index (χ3n) is 3.14. The Hall–Kier alpha value is -1.39. The van der Waals surface area contributed by atoms with Crippen molar-refractivity contribution in [2.75, 3.05) is 0 Å². The van der Waals surface area contributed by atoms with E-state index in [2.05, 4.69) is 10.1 Å². The summed E-state index contributed by atoms with van der Waals surface area (Å²) in [7, 11) is 1.84. The van der Waals surface area contributed by atoms with Gasteiger partial charge in [-0.15, -0.1) is 0 Å². The fraction of sp³-hybridized carbons (Fsp3) is 0.429. The Morgan fingerprint density at radius 3 is 2.74 bits per heavy atom. The number of rotatable bonds is 4. The lowest BCUT2D eigenvalue weighted by atomic mass is 10.1. The number of hydrogen-bond donors (Lipinski definition) is 1. The van der Waals surface area contributed by atoms with Crippen molar-refractivity contribution in [3.63, 3.8) is 0 Å². The predicted octanol–water partition coefficient (Wildman–Crippen LogP) is 2.62. The Balaban J connectivity index is 2.24. The van der Waals surface area contributed by atoms with Crippen molar-refractivity contribution < 1.29 is 5.11 Å². The van der Waals surface area contributed by atoms with Crippen molar-refractivity contribution in [1.82, 2.24) is 14.8 Å². The molecular weight excluding hydrogens is 262 g/mol. The van der Waals surface area contributed by atoms with Crippen LogP contribution >= 0.6 is 11.6 Å². The van der Waals surface area contributed by atoms with Gasteiger partial charge in [0.25, 0.3) is 0 Å². The molecule has 5 heteroatoms. The summed E-state index contributed by atoms with van der Waals surface area (Å²) in [4.78, 5) is 4.33. The first kappa shape index (κ1) is 14.0. The second-order valence-corrected chi connectivity index (χ2v) is 4.99. The summed E-state index contributed by atoms with van der Waals surface area (Å²) in [6.45, 7) is 3.92. The summed E-state index contributed by atoms with van der Waals surface area (Å²) in [6.07, 6.45) is 0.530. The van der Waals surface area contributed by atoms with Crippen molar-refractivity contribution in [3.8, 4) is 0 Å². The summed E-state index contributed by atoms with van der Waals surface area (Å²) in [5, 5.41) is 15.3. The van der Waals surface area contributed by atoms with Crippen LogP contribution in [0.5, 0.6) is 0 Å². The molecular formula is C14H18ClN3O. The van der Waals surface area contributed by atoms with E-state index >= 15 is 0 Å².